The van der Waals surface area contributed by atoms with Gasteiger partial charge in [0.2, 0.25) is 0 Å². The van der Waals surface area contributed by atoms with E-state index in [4.69, 9.17) is 4.74 Å². The SMILES string of the molecule is CC(C)N(C)S(O)(O)NC(=O)OC(C)(C)C. The minimum absolute atomic E-state index is 0.111. The van der Waals surface area contributed by atoms with Crippen LogP contribution < -0.4 is 4.72 Å². The summed E-state index contributed by atoms with van der Waals surface area (Å²) in [4.78, 5) is 11.3. The molecule has 0 aliphatic carbocycles. The molecule has 0 aliphatic rings. The molecule has 0 radical (unpaired) electrons. The van der Waals surface area contributed by atoms with Gasteiger partial charge in [0.1, 0.15) is 5.60 Å². The largest absolute Gasteiger partial charge is 0.443 e. The maximum Gasteiger partial charge on any atom is 0.427 e. The van der Waals surface area contributed by atoms with Gasteiger partial charge < -0.3 is 4.74 Å². The predicted octanol–water partition coefficient (Wildman–Crippen LogP) is 2.43. The summed E-state index contributed by atoms with van der Waals surface area (Å²) in [6, 6.07) is -0.111. The quantitative estimate of drug-likeness (QED) is 0.720. The number of nitrogens with one attached hydrogen (secondary N) is 1. The first-order valence-corrected chi connectivity index (χ1v) is 6.48. The molecular formula is C9H22N2O4S. The molecule has 0 aromatic carbocycles. The Morgan fingerprint density at radius 3 is 2.12 bits per heavy atom. The van der Waals surface area contributed by atoms with Crippen LogP contribution in [0.3, 0.4) is 0 Å². The monoisotopic (exact) mass is 254 g/mol. The highest BCUT2D eigenvalue weighted by molar-refractivity contribution is 8.21. The van der Waals surface area contributed by atoms with Gasteiger partial charge in [-0.3, -0.25) is 9.11 Å². The lowest BCUT2D eigenvalue weighted by Crippen LogP contribution is -2.42. The number of ether oxygens (including phenoxy) is 1. The van der Waals surface area contributed by atoms with Crippen LogP contribution in [0.4, 0.5) is 4.79 Å². The van der Waals surface area contributed by atoms with Gasteiger partial charge in [0.05, 0.1) is 0 Å². The van der Waals surface area contributed by atoms with Crippen LogP contribution in [-0.2, 0) is 4.74 Å². The summed E-state index contributed by atoms with van der Waals surface area (Å²) in [6.07, 6.45) is -0.847. The van der Waals surface area contributed by atoms with Crippen molar-refractivity contribution in [2.24, 2.45) is 0 Å². The molecular weight excluding hydrogens is 232 g/mol. The van der Waals surface area contributed by atoms with Gasteiger partial charge in [-0.25, -0.2) is 9.52 Å². The number of carbonyl (C=O) groups excluding carboxylic acids is 1. The molecule has 0 aromatic rings. The van der Waals surface area contributed by atoms with Crippen LogP contribution in [0.15, 0.2) is 0 Å². The van der Waals surface area contributed by atoms with Gasteiger partial charge in [-0.15, -0.1) is 0 Å². The predicted molar refractivity (Wildman–Crippen MR) is 65.1 cm³/mol. The lowest BCUT2D eigenvalue weighted by Gasteiger charge is -2.42. The van der Waals surface area contributed by atoms with Gasteiger partial charge in [-0.05, 0) is 45.6 Å². The van der Waals surface area contributed by atoms with E-state index in [0.29, 0.717) is 0 Å². The van der Waals surface area contributed by atoms with E-state index in [9.17, 15) is 13.9 Å². The van der Waals surface area contributed by atoms with Crippen LogP contribution >= 0.6 is 11.0 Å². The first kappa shape index (κ1) is 15.5. The first-order chi connectivity index (χ1) is 6.96. The van der Waals surface area contributed by atoms with E-state index >= 15 is 0 Å². The van der Waals surface area contributed by atoms with Gasteiger partial charge in [-0.2, -0.15) is 4.31 Å². The van der Waals surface area contributed by atoms with Crippen LogP contribution in [0.1, 0.15) is 34.6 Å². The summed E-state index contributed by atoms with van der Waals surface area (Å²) in [5.74, 6) is 0. The lowest BCUT2D eigenvalue weighted by atomic mass is 10.2. The lowest BCUT2D eigenvalue weighted by molar-refractivity contribution is 0.0560. The van der Waals surface area contributed by atoms with Crippen molar-refractivity contribution < 1.29 is 18.6 Å². The summed E-state index contributed by atoms with van der Waals surface area (Å²) in [7, 11) is -1.81. The minimum Gasteiger partial charge on any atom is -0.443 e. The molecule has 0 heterocycles. The number of carbonyl (C=O) groups is 1. The van der Waals surface area contributed by atoms with Crippen molar-refractivity contribution in [3.05, 3.63) is 0 Å². The Labute approximate surface area is 98.6 Å². The highest BCUT2D eigenvalue weighted by Gasteiger charge is 2.26. The molecule has 0 atom stereocenters. The molecule has 0 saturated carbocycles. The number of nitrogens with zero attached hydrogens (tertiary/aromatic N) is 1. The number of hydrogen-bond donors (Lipinski definition) is 3. The molecule has 16 heavy (non-hydrogen) atoms. The fourth-order valence-electron chi connectivity index (χ4n) is 0.777. The average molecular weight is 254 g/mol. The maximum absolute atomic E-state index is 11.3. The summed E-state index contributed by atoms with van der Waals surface area (Å²) in [6.45, 7) is 8.66. The third-order valence-electron chi connectivity index (χ3n) is 1.75. The first-order valence-electron chi connectivity index (χ1n) is 4.97. The van der Waals surface area contributed by atoms with E-state index in [-0.39, 0.29) is 6.04 Å². The fourth-order valence-corrected chi connectivity index (χ4v) is 1.77. The van der Waals surface area contributed by atoms with Crippen LogP contribution in [0, 0.1) is 0 Å². The Balaban J connectivity index is 4.42. The second-order valence-electron chi connectivity index (χ2n) is 4.76. The number of hydrogen-bond acceptors (Lipinski definition) is 5. The molecule has 0 aliphatic heterocycles. The summed E-state index contributed by atoms with van der Waals surface area (Å²) >= 11 is 0. The van der Waals surface area contributed by atoms with E-state index in [1.165, 1.54) is 11.4 Å². The zero-order valence-electron chi connectivity index (χ0n) is 10.6. The molecule has 0 fully saturated rings. The van der Waals surface area contributed by atoms with E-state index < -0.39 is 22.7 Å². The topological polar surface area (TPSA) is 82.0 Å². The third-order valence-corrected chi connectivity index (χ3v) is 3.41. The van der Waals surface area contributed by atoms with E-state index in [0.717, 1.165) is 0 Å². The Hall–Kier alpha value is -0.500. The summed E-state index contributed by atoms with van der Waals surface area (Å²) in [5, 5.41) is 0. The van der Waals surface area contributed by atoms with E-state index in [1.807, 2.05) is 0 Å². The summed E-state index contributed by atoms with van der Waals surface area (Å²) < 4.78 is 27.6. The normalized spacial score (nSPS) is 14.1. The molecule has 6 nitrogen and oxygen atoms in total. The van der Waals surface area contributed by atoms with Gasteiger partial charge in [0.15, 0.2) is 0 Å². The zero-order valence-corrected chi connectivity index (χ0v) is 11.5. The van der Waals surface area contributed by atoms with Crippen molar-refractivity contribution in [1.29, 1.82) is 0 Å². The Morgan fingerprint density at radius 1 is 1.38 bits per heavy atom. The highest BCUT2D eigenvalue weighted by Crippen LogP contribution is 2.38. The van der Waals surface area contributed by atoms with Crippen LogP contribution in [-0.4, -0.2) is 38.2 Å². The molecule has 7 heteroatoms. The smallest absolute Gasteiger partial charge is 0.427 e. The average Bonchev–Trinajstić information content (AvgIpc) is 1.97. The molecule has 0 spiro atoms. The molecule has 98 valence electrons. The molecule has 0 rings (SSSR count). The minimum atomic E-state index is -3.32. The van der Waals surface area contributed by atoms with Crippen molar-refractivity contribution in [1.82, 2.24) is 9.03 Å². The van der Waals surface area contributed by atoms with Gasteiger partial charge in [0, 0.05) is 13.1 Å². The van der Waals surface area contributed by atoms with Crippen LogP contribution in [0.5, 0.6) is 0 Å². The Morgan fingerprint density at radius 2 is 1.81 bits per heavy atom. The van der Waals surface area contributed by atoms with Crippen molar-refractivity contribution >= 4 is 17.1 Å². The number of amides is 1. The molecule has 0 aromatic heterocycles. The second kappa shape index (κ2) is 5.22. The summed E-state index contributed by atoms with van der Waals surface area (Å²) in [5.41, 5.74) is -0.671. The second-order valence-corrected chi connectivity index (χ2v) is 6.58. The van der Waals surface area contributed by atoms with E-state index in [1.54, 1.807) is 34.6 Å². The van der Waals surface area contributed by atoms with Gasteiger partial charge >= 0.3 is 6.09 Å². The Bertz CT molecular complexity index is 250. The van der Waals surface area contributed by atoms with Crippen LogP contribution in [0.25, 0.3) is 0 Å². The zero-order chi connectivity index (χ0) is 13.1. The fraction of sp³-hybridized carbons (Fsp3) is 0.889. The van der Waals surface area contributed by atoms with Crippen LogP contribution in [0.2, 0.25) is 0 Å². The highest BCUT2D eigenvalue weighted by atomic mass is 32.3. The molecule has 0 saturated heterocycles. The standard InChI is InChI=1S/C9H22N2O4S/c1-7(2)11(6)16(13,14)10-8(12)15-9(3,4)5/h7,13-14H,1-6H3,(H,10,12). The van der Waals surface area contributed by atoms with Gasteiger partial charge in [-0.1, -0.05) is 0 Å². The maximum atomic E-state index is 11.3. The van der Waals surface area contributed by atoms with Crippen molar-refractivity contribution in [2.75, 3.05) is 7.05 Å². The molecule has 1 amide bonds. The molecule has 0 bridgehead atoms. The van der Waals surface area contributed by atoms with Crippen molar-refractivity contribution in [3.8, 4) is 0 Å². The molecule has 0 unspecified atom stereocenters. The Kier molecular flexibility index (Phi) is 5.06. The number of rotatable bonds is 3. The van der Waals surface area contributed by atoms with Crippen molar-refractivity contribution in [2.45, 2.75) is 46.3 Å². The third kappa shape index (κ3) is 5.55. The van der Waals surface area contributed by atoms with Gasteiger partial charge in [0.25, 0.3) is 0 Å². The molecule has 3 N–H and O–H groups in total. The van der Waals surface area contributed by atoms with E-state index in [2.05, 4.69) is 4.72 Å². The van der Waals surface area contributed by atoms with Crippen molar-refractivity contribution in [3.63, 3.8) is 0 Å².